The summed E-state index contributed by atoms with van der Waals surface area (Å²) in [5, 5.41) is 10.6. The molecular weight excluding hydrogens is 394 g/mol. The molecule has 1 rings (SSSR count). The maximum Gasteiger partial charge on any atom is 0.330 e. The highest BCUT2D eigenvalue weighted by molar-refractivity contribution is 5.87. The molecule has 0 spiro atoms. The molecule has 0 bridgehead atoms. The average Bonchev–Trinajstić information content (AvgIpc) is 2.62. The van der Waals surface area contributed by atoms with Gasteiger partial charge in [0.2, 0.25) is 0 Å². The molecule has 0 unspecified atom stereocenters. The number of esters is 1. The van der Waals surface area contributed by atoms with Crippen molar-refractivity contribution >= 4 is 12.0 Å². The molecular formula is C29H45NO2. The maximum atomic E-state index is 12.1. The van der Waals surface area contributed by atoms with Crippen molar-refractivity contribution in [3.8, 4) is 6.07 Å². The van der Waals surface area contributed by atoms with E-state index < -0.39 is 5.41 Å². The lowest BCUT2D eigenvalue weighted by molar-refractivity contribution is -0.137. The third-order valence-electron chi connectivity index (χ3n) is 5.73. The molecule has 0 aliphatic rings. The summed E-state index contributed by atoms with van der Waals surface area (Å²) in [4.78, 5) is 12.1. The van der Waals surface area contributed by atoms with Crippen molar-refractivity contribution in [3.05, 3.63) is 40.5 Å². The quantitative estimate of drug-likeness (QED) is 0.308. The Bertz CT molecular complexity index is 845. The fourth-order valence-corrected chi connectivity index (χ4v) is 4.62. The molecule has 0 aromatic heterocycles. The molecule has 0 aliphatic heterocycles. The lowest BCUT2D eigenvalue weighted by atomic mass is 9.64. The molecule has 1 aromatic carbocycles. The number of ether oxygens (including phenoxy) is 1. The van der Waals surface area contributed by atoms with Crippen LogP contribution in [0.15, 0.2) is 18.2 Å². The molecule has 0 amide bonds. The van der Waals surface area contributed by atoms with Crippen LogP contribution in [0.3, 0.4) is 0 Å². The van der Waals surface area contributed by atoms with E-state index in [1.807, 2.05) is 13.0 Å². The number of nitriles is 1. The first-order valence-electron chi connectivity index (χ1n) is 12.0. The van der Waals surface area contributed by atoms with Crippen LogP contribution in [0.1, 0.15) is 111 Å². The van der Waals surface area contributed by atoms with Crippen LogP contribution in [-0.2, 0) is 25.8 Å². The molecule has 0 radical (unpaired) electrons. The summed E-state index contributed by atoms with van der Waals surface area (Å²) in [5.74, 6) is 0.439. The van der Waals surface area contributed by atoms with Crippen LogP contribution in [0.25, 0.3) is 6.08 Å². The van der Waals surface area contributed by atoms with E-state index in [4.69, 9.17) is 4.74 Å². The highest BCUT2D eigenvalue weighted by Gasteiger charge is 2.39. The minimum Gasteiger partial charge on any atom is -0.463 e. The fourth-order valence-electron chi connectivity index (χ4n) is 4.62. The number of hydrogen-bond donors (Lipinski definition) is 0. The summed E-state index contributed by atoms with van der Waals surface area (Å²) in [6.45, 7) is 24.1. The van der Waals surface area contributed by atoms with Gasteiger partial charge in [-0.3, -0.25) is 0 Å². The topological polar surface area (TPSA) is 50.1 Å². The van der Waals surface area contributed by atoms with Gasteiger partial charge in [0, 0.05) is 6.08 Å². The van der Waals surface area contributed by atoms with Gasteiger partial charge in [0.25, 0.3) is 0 Å². The van der Waals surface area contributed by atoms with Crippen molar-refractivity contribution in [2.24, 2.45) is 11.8 Å². The van der Waals surface area contributed by atoms with Gasteiger partial charge in [0.05, 0.1) is 18.1 Å². The lowest BCUT2D eigenvalue weighted by Crippen LogP contribution is -2.33. The first kappa shape index (κ1) is 28.0. The van der Waals surface area contributed by atoms with Crippen LogP contribution in [0.4, 0.5) is 0 Å². The average molecular weight is 440 g/mol. The third kappa shape index (κ3) is 7.22. The van der Waals surface area contributed by atoms with E-state index in [2.05, 4.69) is 87.4 Å². The van der Waals surface area contributed by atoms with Crippen LogP contribution >= 0.6 is 0 Å². The molecule has 0 N–H and O–H groups in total. The van der Waals surface area contributed by atoms with E-state index in [9.17, 15) is 10.1 Å². The zero-order chi connectivity index (χ0) is 24.9. The molecule has 0 saturated carbocycles. The zero-order valence-corrected chi connectivity index (χ0v) is 22.3. The Morgan fingerprint density at radius 3 is 1.81 bits per heavy atom. The summed E-state index contributed by atoms with van der Waals surface area (Å²) in [6, 6.07) is 7.23. The molecule has 1 aromatic rings. The van der Waals surface area contributed by atoms with Gasteiger partial charge in [0.1, 0.15) is 0 Å². The van der Waals surface area contributed by atoms with E-state index in [0.717, 1.165) is 24.0 Å². The first-order chi connectivity index (χ1) is 14.6. The van der Waals surface area contributed by atoms with E-state index in [1.54, 1.807) is 0 Å². The molecule has 178 valence electrons. The molecule has 0 atom stereocenters. The molecule has 0 saturated heterocycles. The van der Waals surface area contributed by atoms with Gasteiger partial charge in [-0.25, -0.2) is 4.79 Å². The standard InChI is InChI=1S/C29H45NO2/c1-12-32-26(31)14-13-22-15-25(29(19-30,17-20(2)3)18-21(4)5)24(28(9,10)11)16-23(22)27(6,7)8/h13-16,20-21H,12,17-18H2,1-11H3/b14-13-. The Kier molecular flexibility index (Phi) is 9.34. The highest BCUT2D eigenvalue weighted by Crippen LogP contribution is 2.44. The van der Waals surface area contributed by atoms with E-state index >= 15 is 0 Å². The first-order valence-corrected chi connectivity index (χ1v) is 12.0. The van der Waals surface area contributed by atoms with Crippen LogP contribution in [0, 0.1) is 23.2 Å². The SMILES string of the molecule is CCOC(=O)/C=C\c1cc(C(C#N)(CC(C)C)CC(C)C)c(C(C)(C)C)cc1C(C)(C)C. The minimum absolute atomic E-state index is 0.113. The number of carbonyl (C=O) groups is 1. The van der Waals surface area contributed by atoms with E-state index in [1.165, 1.54) is 17.2 Å². The second-order valence-electron chi connectivity index (χ2n) is 12.0. The number of benzene rings is 1. The predicted molar refractivity (Wildman–Crippen MR) is 136 cm³/mol. The number of carbonyl (C=O) groups excluding carboxylic acids is 1. The van der Waals surface area contributed by atoms with Gasteiger partial charge in [-0.2, -0.15) is 5.26 Å². The second kappa shape index (κ2) is 10.7. The Balaban J connectivity index is 4.01. The van der Waals surface area contributed by atoms with Crippen molar-refractivity contribution in [1.29, 1.82) is 5.26 Å². The van der Waals surface area contributed by atoms with Gasteiger partial charge in [-0.1, -0.05) is 75.3 Å². The summed E-state index contributed by atoms with van der Waals surface area (Å²) in [6.07, 6.45) is 4.98. The Hall–Kier alpha value is -2.08. The highest BCUT2D eigenvalue weighted by atomic mass is 16.5. The largest absolute Gasteiger partial charge is 0.463 e. The predicted octanol–water partition coefficient (Wildman–Crippen LogP) is 7.71. The molecule has 3 heteroatoms. The third-order valence-corrected chi connectivity index (χ3v) is 5.73. The number of hydrogen-bond acceptors (Lipinski definition) is 3. The van der Waals surface area contributed by atoms with Gasteiger partial charge < -0.3 is 4.74 Å². The Morgan fingerprint density at radius 2 is 1.44 bits per heavy atom. The van der Waals surface area contributed by atoms with Gasteiger partial charge in [0.15, 0.2) is 0 Å². The van der Waals surface area contributed by atoms with Crippen LogP contribution in [0.5, 0.6) is 0 Å². The lowest BCUT2D eigenvalue weighted by Gasteiger charge is -2.37. The smallest absolute Gasteiger partial charge is 0.330 e. The molecule has 3 nitrogen and oxygen atoms in total. The van der Waals surface area contributed by atoms with Crippen LogP contribution in [0.2, 0.25) is 0 Å². The van der Waals surface area contributed by atoms with E-state index in [0.29, 0.717) is 18.4 Å². The molecule has 0 aliphatic carbocycles. The number of nitrogens with zero attached hydrogens (tertiary/aromatic N) is 1. The normalized spacial score (nSPS) is 13.1. The van der Waals surface area contributed by atoms with Gasteiger partial charge in [-0.15, -0.1) is 0 Å². The van der Waals surface area contributed by atoms with E-state index in [-0.39, 0.29) is 16.8 Å². The van der Waals surface area contributed by atoms with Crippen LogP contribution in [-0.4, -0.2) is 12.6 Å². The van der Waals surface area contributed by atoms with Crippen molar-refractivity contribution in [2.45, 2.75) is 105 Å². The maximum absolute atomic E-state index is 12.1. The van der Waals surface area contributed by atoms with Crippen LogP contribution < -0.4 is 0 Å². The summed E-state index contributed by atoms with van der Waals surface area (Å²) >= 11 is 0. The van der Waals surface area contributed by atoms with Crippen molar-refractivity contribution < 1.29 is 9.53 Å². The zero-order valence-electron chi connectivity index (χ0n) is 22.3. The number of rotatable bonds is 8. The van der Waals surface area contributed by atoms with Crippen molar-refractivity contribution in [2.75, 3.05) is 6.61 Å². The summed E-state index contributed by atoms with van der Waals surface area (Å²) < 4.78 is 5.11. The monoisotopic (exact) mass is 439 g/mol. The van der Waals surface area contributed by atoms with Crippen molar-refractivity contribution in [1.82, 2.24) is 0 Å². The fraction of sp³-hybridized carbons (Fsp3) is 0.655. The summed E-state index contributed by atoms with van der Waals surface area (Å²) in [7, 11) is 0. The molecule has 0 fully saturated rings. The second-order valence-corrected chi connectivity index (χ2v) is 12.0. The Morgan fingerprint density at radius 1 is 0.938 bits per heavy atom. The van der Waals surface area contributed by atoms with Crippen molar-refractivity contribution in [3.63, 3.8) is 0 Å². The summed E-state index contributed by atoms with van der Waals surface area (Å²) in [5.41, 5.74) is 3.68. The minimum atomic E-state index is -0.576. The van der Waals surface area contributed by atoms with Gasteiger partial charge >= 0.3 is 5.97 Å². The van der Waals surface area contributed by atoms with Gasteiger partial charge in [-0.05, 0) is 76.8 Å². The molecule has 0 heterocycles. The Labute approximate surface area is 197 Å². The molecule has 32 heavy (non-hydrogen) atoms.